The third-order valence-corrected chi connectivity index (χ3v) is 4.04. The second-order valence-corrected chi connectivity index (χ2v) is 6.64. The van der Waals surface area contributed by atoms with Crippen LogP contribution < -0.4 is 0 Å². The van der Waals surface area contributed by atoms with E-state index in [-0.39, 0.29) is 5.56 Å². The zero-order valence-corrected chi connectivity index (χ0v) is 17.0. The number of hydrogen-bond donors (Lipinski definition) is 3. The van der Waals surface area contributed by atoms with Crippen molar-refractivity contribution in [1.82, 2.24) is 0 Å². The maximum absolute atomic E-state index is 11.8. The zero-order chi connectivity index (χ0) is 20.5. The highest BCUT2D eigenvalue weighted by Gasteiger charge is 2.14. The van der Waals surface area contributed by atoms with E-state index in [4.69, 9.17) is 16.3 Å². The molecule has 1 aromatic carbocycles. The minimum Gasteiger partial charge on any atom is -0.504 e. The molecule has 0 aliphatic carbocycles. The first-order valence-corrected chi connectivity index (χ1v) is 10.0. The molecule has 3 N–H and O–H groups in total. The topological polar surface area (TPSA) is 87.0 Å². The Bertz CT molecular complexity index is 522. The first-order valence-electron chi connectivity index (χ1n) is 9.61. The van der Waals surface area contributed by atoms with Crippen molar-refractivity contribution in [3.05, 3.63) is 29.8 Å². The maximum atomic E-state index is 11.8. The molecule has 154 valence electrons. The van der Waals surface area contributed by atoms with E-state index >= 15 is 0 Å². The molecule has 0 aliphatic heterocycles. The summed E-state index contributed by atoms with van der Waals surface area (Å²) in [6.45, 7) is 5.67. The third-order valence-electron chi connectivity index (χ3n) is 4.04. The second-order valence-electron chi connectivity index (χ2n) is 6.34. The van der Waals surface area contributed by atoms with Crippen molar-refractivity contribution in [3.8, 4) is 17.2 Å². The molecule has 0 fully saturated rings. The number of esters is 1. The summed E-state index contributed by atoms with van der Waals surface area (Å²) in [6.07, 6.45) is 12.1. The smallest absolute Gasteiger partial charge is 0.338 e. The van der Waals surface area contributed by atoms with Crippen molar-refractivity contribution < 1.29 is 24.9 Å². The van der Waals surface area contributed by atoms with Crippen molar-refractivity contribution in [2.75, 3.05) is 6.61 Å². The number of phenolic OH excluding ortho intramolecular Hbond substituents is 3. The number of carbonyl (C=O) groups excluding carboxylic acids is 1. The number of halogens is 1. The van der Waals surface area contributed by atoms with Crippen LogP contribution in [-0.2, 0) is 4.74 Å². The highest BCUT2D eigenvalue weighted by atomic mass is 35.5. The van der Waals surface area contributed by atoms with Crippen LogP contribution in [0.15, 0.2) is 24.2 Å². The molecule has 0 radical (unpaired) electrons. The predicted octanol–water partition coefficient (Wildman–Crippen LogP) is 6.25. The van der Waals surface area contributed by atoms with Gasteiger partial charge in [0.25, 0.3) is 0 Å². The number of unbranched alkanes of at least 4 members (excludes halogenated alkanes) is 9. The Labute approximate surface area is 167 Å². The number of ether oxygens (including phenoxy) is 1. The minimum absolute atomic E-state index is 0.0230. The predicted molar refractivity (Wildman–Crippen MR) is 110 cm³/mol. The van der Waals surface area contributed by atoms with Crippen LogP contribution in [0.25, 0.3) is 0 Å². The molecule has 0 spiro atoms. The Morgan fingerprint density at radius 3 is 1.81 bits per heavy atom. The van der Waals surface area contributed by atoms with Crippen molar-refractivity contribution in [2.45, 2.75) is 71.1 Å². The van der Waals surface area contributed by atoms with Crippen LogP contribution in [0.5, 0.6) is 17.2 Å². The van der Waals surface area contributed by atoms with E-state index in [2.05, 4.69) is 13.5 Å². The molecule has 0 heterocycles. The Kier molecular flexibility index (Phi) is 15.2. The van der Waals surface area contributed by atoms with Gasteiger partial charge in [0.2, 0.25) is 0 Å². The number of rotatable bonds is 12. The third kappa shape index (κ3) is 12.2. The number of aromatic hydroxyl groups is 3. The van der Waals surface area contributed by atoms with Crippen LogP contribution in [0.3, 0.4) is 0 Å². The number of phenols is 3. The van der Waals surface area contributed by atoms with Crippen LogP contribution >= 0.6 is 11.6 Å². The van der Waals surface area contributed by atoms with Crippen molar-refractivity contribution >= 4 is 17.6 Å². The van der Waals surface area contributed by atoms with Gasteiger partial charge < -0.3 is 20.1 Å². The molecule has 5 nitrogen and oxygen atoms in total. The van der Waals surface area contributed by atoms with E-state index in [0.29, 0.717) is 6.61 Å². The maximum Gasteiger partial charge on any atom is 0.338 e. The van der Waals surface area contributed by atoms with Crippen LogP contribution in [0.4, 0.5) is 0 Å². The zero-order valence-electron chi connectivity index (χ0n) is 16.3. The molecule has 0 atom stereocenters. The van der Waals surface area contributed by atoms with Gasteiger partial charge in [0.15, 0.2) is 17.2 Å². The summed E-state index contributed by atoms with van der Waals surface area (Å²) in [4.78, 5) is 11.8. The van der Waals surface area contributed by atoms with E-state index in [1.807, 2.05) is 0 Å². The summed E-state index contributed by atoms with van der Waals surface area (Å²) in [6, 6.07) is 2.16. The van der Waals surface area contributed by atoms with Gasteiger partial charge in [0.05, 0.1) is 12.2 Å². The van der Waals surface area contributed by atoms with Crippen LogP contribution in [0, 0.1) is 0 Å². The summed E-state index contributed by atoms with van der Waals surface area (Å²) >= 11 is 4.76. The fourth-order valence-electron chi connectivity index (χ4n) is 2.56. The van der Waals surface area contributed by atoms with Gasteiger partial charge >= 0.3 is 5.97 Å². The molecule has 1 rings (SSSR count). The molecule has 6 heteroatoms. The summed E-state index contributed by atoms with van der Waals surface area (Å²) in [7, 11) is 0. The lowest BCUT2D eigenvalue weighted by Gasteiger charge is -2.07. The van der Waals surface area contributed by atoms with Crippen LogP contribution in [0.2, 0.25) is 0 Å². The SMILES string of the molecule is C=CCl.CCCCCCCCCCCCOC(=O)c1cc(O)c(O)c(O)c1. The molecule has 0 aliphatic rings. The molecule has 0 unspecified atom stereocenters. The number of carbonyl (C=O) groups is 1. The van der Waals surface area contributed by atoms with Gasteiger partial charge in [-0.3, -0.25) is 0 Å². The highest BCUT2D eigenvalue weighted by Crippen LogP contribution is 2.35. The average molecular weight is 401 g/mol. The van der Waals surface area contributed by atoms with Gasteiger partial charge in [0.1, 0.15) is 0 Å². The Balaban J connectivity index is 0.00000210. The Morgan fingerprint density at radius 1 is 0.963 bits per heavy atom. The first-order chi connectivity index (χ1) is 13.0. The van der Waals surface area contributed by atoms with Gasteiger partial charge in [-0.15, -0.1) is 0 Å². The summed E-state index contributed by atoms with van der Waals surface area (Å²) in [5, 5.41) is 28.0. The fourth-order valence-corrected chi connectivity index (χ4v) is 2.56. The second kappa shape index (κ2) is 16.3. The first kappa shape index (κ1) is 25.1. The highest BCUT2D eigenvalue weighted by molar-refractivity contribution is 6.25. The van der Waals surface area contributed by atoms with Gasteiger partial charge in [0, 0.05) is 0 Å². The van der Waals surface area contributed by atoms with E-state index in [1.165, 1.54) is 50.5 Å². The molecular weight excluding hydrogens is 368 g/mol. The van der Waals surface area contributed by atoms with Crippen molar-refractivity contribution in [1.29, 1.82) is 0 Å². The quantitative estimate of drug-likeness (QED) is 0.219. The van der Waals surface area contributed by atoms with E-state index in [9.17, 15) is 20.1 Å². The lowest BCUT2D eigenvalue weighted by Crippen LogP contribution is -2.06. The van der Waals surface area contributed by atoms with Gasteiger partial charge in [-0.1, -0.05) is 82.9 Å². The Hall–Kier alpha value is -1.88. The van der Waals surface area contributed by atoms with Crippen molar-refractivity contribution in [3.63, 3.8) is 0 Å². The molecule has 0 bridgehead atoms. The Morgan fingerprint density at radius 2 is 1.37 bits per heavy atom. The normalized spacial score (nSPS) is 10.0. The van der Waals surface area contributed by atoms with Gasteiger partial charge in [-0.05, 0) is 24.1 Å². The number of benzene rings is 1. The standard InChI is InChI=1S/C19H30O5.C2H3Cl/c1-2-3-4-5-6-7-8-9-10-11-12-24-19(23)15-13-16(20)18(22)17(21)14-15;1-2-3/h13-14,20-22H,2-12H2,1H3;2H,1H2. The molecule has 0 saturated carbocycles. The molecule has 0 saturated heterocycles. The molecule has 0 amide bonds. The van der Waals surface area contributed by atoms with Gasteiger partial charge in [-0.2, -0.15) is 0 Å². The largest absolute Gasteiger partial charge is 0.504 e. The van der Waals surface area contributed by atoms with Gasteiger partial charge in [-0.25, -0.2) is 4.79 Å². The number of hydrogen-bond acceptors (Lipinski definition) is 5. The van der Waals surface area contributed by atoms with Crippen molar-refractivity contribution in [2.24, 2.45) is 0 Å². The summed E-state index contributed by atoms with van der Waals surface area (Å²) in [5.74, 6) is -2.33. The average Bonchev–Trinajstić information content (AvgIpc) is 2.64. The summed E-state index contributed by atoms with van der Waals surface area (Å²) in [5.41, 5.74) is 1.25. The lowest BCUT2D eigenvalue weighted by molar-refractivity contribution is 0.0496. The summed E-state index contributed by atoms with van der Waals surface area (Å²) < 4.78 is 5.11. The van der Waals surface area contributed by atoms with Crippen LogP contribution in [0.1, 0.15) is 81.5 Å². The van der Waals surface area contributed by atoms with E-state index in [0.717, 1.165) is 31.4 Å². The molecule has 27 heavy (non-hydrogen) atoms. The molecule has 1 aromatic rings. The van der Waals surface area contributed by atoms with Crippen LogP contribution in [-0.4, -0.2) is 27.9 Å². The molecule has 0 aromatic heterocycles. The minimum atomic E-state index is -0.638. The van der Waals surface area contributed by atoms with E-state index < -0.39 is 23.2 Å². The fraction of sp³-hybridized carbons (Fsp3) is 0.571. The molecular formula is C21H33ClO5. The van der Waals surface area contributed by atoms with E-state index in [1.54, 1.807) is 0 Å². The monoisotopic (exact) mass is 400 g/mol. The lowest BCUT2D eigenvalue weighted by atomic mass is 10.1.